The molecule has 1 saturated heterocycles. The van der Waals surface area contributed by atoms with Gasteiger partial charge in [0.2, 0.25) is 0 Å². The Morgan fingerprint density at radius 3 is 3.22 bits per heavy atom. The summed E-state index contributed by atoms with van der Waals surface area (Å²) in [5, 5.41) is 4.10. The highest BCUT2D eigenvalue weighted by molar-refractivity contribution is 5.79. The third-order valence-electron chi connectivity index (χ3n) is 4.15. The van der Waals surface area contributed by atoms with E-state index < -0.39 is 0 Å². The fourth-order valence-electron chi connectivity index (χ4n) is 2.92. The van der Waals surface area contributed by atoms with Gasteiger partial charge in [0.15, 0.2) is 0 Å². The second kappa shape index (κ2) is 7.42. The fourth-order valence-corrected chi connectivity index (χ4v) is 2.92. The van der Waals surface area contributed by atoms with Crippen LogP contribution in [-0.2, 0) is 11.3 Å². The van der Waals surface area contributed by atoms with Crippen molar-refractivity contribution in [2.75, 3.05) is 19.7 Å². The van der Waals surface area contributed by atoms with Crippen LogP contribution in [0.3, 0.4) is 0 Å². The monoisotopic (exact) mass is 313 g/mol. The van der Waals surface area contributed by atoms with Gasteiger partial charge in [-0.3, -0.25) is 4.98 Å². The predicted octanol–water partition coefficient (Wildman–Crippen LogP) is 2.95. The number of urea groups is 1. The van der Waals surface area contributed by atoms with Gasteiger partial charge in [0.05, 0.1) is 18.2 Å². The molecule has 0 saturated carbocycles. The van der Waals surface area contributed by atoms with Gasteiger partial charge in [-0.1, -0.05) is 25.5 Å². The smallest absolute Gasteiger partial charge is 0.317 e. The van der Waals surface area contributed by atoms with Crippen molar-refractivity contribution >= 4 is 16.9 Å². The predicted molar refractivity (Wildman–Crippen MR) is 90.2 cm³/mol. The van der Waals surface area contributed by atoms with E-state index in [0.29, 0.717) is 26.2 Å². The molecule has 0 bridgehead atoms. The molecule has 1 aromatic heterocycles. The average Bonchev–Trinajstić information content (AvgIpc) is 2.60. The molecular formula is C18H23N3O2. The Balaban J connectivity index is 1.57. The van der Waals surface area contributed by atoms with Crippen molar-refractivity contribution < 1.29 is 9.53 Å². The molecular weight excluding hydrogens is 290 g/mol. The van der Waals surface area contributed by atoms with E-state index in [1.165, 1.54) is 0 Å². The summed E-state index contributed by atoms with van der Waals surface area (Å²) in [6.45, 7) is 4.63. The lowest BCUT2D eigenvalue weighted by Gasteiger charge is -2.32. The number of carbonyl (C=O) groups excluding carboxylic acids is 1. The minimum absolute atomic E-state index is 0.0133. The highest BCUT2D eigenvalue weighted by Gasteiger charge is 2.23. The van der Waals surface area contributed by atoms with Crippen LogP contribution in [0.1, 0.15) is 25.3 Å². The maximum Gasteiger partial charge on any atom is 0.317 e. The van der Waals surface area contributed by atoms with Crippen LogP contribution in [-0.4, -0.2) is 41.7 Å². The summed E-state index contributed by atoms with van der Waals surface area (Å²) in [5.41, 5.74) is 2.05. The van der Waals surface area contributed by atoms with E-state index in [-0.39, 0.29) is 12.1 Å². The highest BCUT2D eigenvalue weighted by Crippen LogP contribution is 2.14. The lowest BCUT2D eigenvalue weighted by Crippen LogP contribution is -2.49. The summed E-state index contributed by atoms with van der Waals surface area (Å²) in [6, 6.07) is 10.0. The van der Waals surface area contributed by atoms with Gasteiger partial charge >= 0.3 is 6.03 Å². The quantitative estimate of drug-likeness (QED) is 0.944. The van der Waals surface area contributed by atoms with Crippen molar-refractivity contribution in [3.63, 3.8) is 0 Å². The maximum absolute atomic E-state index is 12.3. The van der Waals surface area contributed by atoms with Crippen LogP contribution < -0.4 is 5.32 Å². The number of fused-ring (bicyclic) bond motifs is 1. The van der Waals surface area contributed by atoms with E-state index in [1.54, 1.807) is 6.20 Å². The van der Waals surface area contributed by atoms with Crippen molar-refractivity contribution in [3.05, 3.63) is 42.1 Å². The number of rotatable bonds is 4. The van der Waals surface area contributed by atoms with E-state index in [1.807, 2.05) is 29.2 Å². The molecule has 0 aliphatic carbocycles. The Morgan fingerprint density at radius 1 is 1.43 bits per heavy atom. The number of morpholine rings is 1. The number of amides is 2. The fraction of sp³-hybridized carbons (Fsp3) is 0.444. The first-order chi connectivity index (χ1) is 11.3. The van der Waals surface area contributed by atoms with E-state index in [9.17, 15) is 4.79 Å². The molecule has 1 atom stereocenters. The third kappa shape index (κ3) is 3.99. The van der Waals surface area contributed by atoms with Crippen LogP contribution in [0, 0.1) is 0 Å². The summed E-state index contributed by atoms with van der Waals surface area (Å²) in [5.74, 6) is 0. The minimum atomic E-state index is -0.0133. The molecule has 2 amide bonds. The number of nitrogens with zero attached hydrogens (tertiary/aromatic N) is 2. The number of carbonyl (C=O) groups is 1. The summed E-state index contributed by atoms with van der Waals surface area (Å²) >= 11 is 0. The standard InChI is InChI=1S/C18H23N3O2/c1-2-4-16-13-21(9-10-23-16)18(22)20-12-14-6-7-17-15(11-14)5-3-8-19-17/h3,5-8,11,16H,2,4,9-10,12-13H2,1H3,(H,20,22). The zero-order valence-corrected chi connectivity index (χ0v) is 13.5. The first kappa shape index (κ1) is 15.7. The van der Waals surface area contributed by atoms with E-state index in [4.69, 9.17) is 4.74 Å². The lowest BCUT2D eigenvalue weighted by atomic mass is 10.1. The van der Waals surface area contributed by atoms with Crippen molar-refractivity contribution in [2.45, 2.75) is 32.4 Å². The van der Waals surface area contributed by atoms with Crippen LogP contribution in [0.5, 0.6) is 0 Å². The molecule has 0 spiro atoms. The third-order valence-corrected chi connectivity index (χ3v) is 4.15. The first-order valence-electron chi connectivity index (χ1n) is 8.24. The van der Waals surface area contributed by atoms with Gasteiger partial charge < -0.3 is 15.0 Å². The molecule has 1 fully saturated rings. The summed E-state index contributed by atoms with van der Waals surface area (Å²) in [6.07, 6.45) is 4.04. The zero-order valence-electron chi connectivity index (χ0n) is 13.5. The Morgan fingerprint density at radius 2 is 2.35 bits per heavy atom. The van der Waals surface area contributed by atoms with Crippen LogP contribution in [0.25, 0.3) is 10.9 Å². The molecule has 5 heteroatoms. The molecule has 3 rings (SSSR count). The Bertz CT molecular complexity index is 672. The number of nitrogens with one attached hydrogen (secondary N) is 1. The molecule has 0 radical (unpaired) electrons. The van der Waals surface area contributed by atoms with E-state index in [0.717, 1.165) is 29.3 Å². The number of hydrogen-bond acceptors (Lipinski definition) is 3. The van der Waals surface area contributed by atoms with Gasteiger partial charge in [-0.25, -0.2) is 4.79 Å². The first-order valence-corrected chi connectivity index (χ1v) is 8.24. The molecule has 122 valence electrons. The number of hydrogen-bond donors (Lipinski definition) is 1. The molecule has 1 aliphatic heterocycles. The Kier molecular flexibility index (Phi) is 5.08. The van der Waals surface area contributed by atoms with Crippen molar-refractivity contribution in [3.8, 4) is 0 Å². The second-order valence-electron chi connectivity index (χ2n) is 5.92. The molecule has 5 nitrogen and oxygen atoms in total. The topological polar surface area (TPSA) is 54.5 Å². The summed E-state index contributed by atoms with van der Waals surface area (Å²) in [4.78, 5) is 18.5. The molecule has 2 heterocycles. The maximum atomic E-state index is 12.3. The van der Waals surface area contributed by atoms with Crippen LogP contribution >= 0.6 is 0 Å². The lowest BCUT2D eigenvalue weighted by molar-refractivity contribution is -0.0181. The van der Waals surface area contributed by atoms with Gasteiger partial charge in [0.1, 0.15) is 0 Å². The molecule has 1 unspecified atom stereocenters. The van der Waals surface area contributed by atoms with Gasteiger partial charge in [-0.2, -0.15) is 0 Å². The van der Waals surface area contributed by atoms with Gasteiger partial charge in [0.25, 0.3) is 0 Å². The van der Waals surface area contributed by atoms with Crippen molar-refractivity contribution in [1.29, 1.82) is 0 Å². The van der Waals surface area contributed by atoms with E-state index >= 15 is 0 Å². The number of aromatic nitrogens is 1. The Labute approximate surface area is 136 Å². The summed E-state index contributed by atoms with van der Waals surface area (Å²) in [7, 11) is 0. The Hall–Kier alpha value is -2.14. The van der Waals surface area contributed by atoms with Crippen molar-refractivity contribution in [1.82, 2.24) is 15.2 Å². The second-order valence-corrected chi connectivity index (χ2v) is 5.92. The molecule has 1 aliphatic rings. The SMILES string of the molecule is CCCC1CN(C(=O)NCc2ccc3ncccc3c2)CCO1. The van der Waals surface area contributed by atoms with Crippen LogP contribution in [0.15, 0.2) is 36.5 Å². The van der Waals surface area contributed by atoms with E-state index in [2.05, 4.69) is 23.3 Å². The molecule has 1 aromatic carbocycles. The number of pyridine rings is 1. The van der Waals surface area contributed by atoms with Gasteiger partial charge in [-0.15, -0.1) is 0 Å². The van der Waals surface area contributed by atoms with Gasteiger partial charge in [0, 0.05) is 31.2 Å². The van der Waals surface area contributed by atoms with Crippen LogP contribution in [0.4, 0.5) is 4.79 Å². The molecule has 2 aromatic rings. The van der Waals surface area contributed by atoms with Crippen LogP contribution in [0.2, 0.25) is 0 Å². The summed E-state index contributed by atoms with van der Waals surface area (Å²) < 4.78 is 5.68. The normalized spacial score (nSPS) is 18.1. The number of ether oxygens (including phenoxy) is 1. The van der Waals surface area contributed by atoms with Crippen molar-refractivity contribution in [2.24, 2.45) is 0 Å². The number of benzene rings is 1. The largest absolute Gasteiger partial charge is 0.375 e. The highest BCUT2D eigenvalue weighted by atomic mass is 16.5. The minimum Gasteiger partial charge on any atom is -0.375 e. The zero-order chi connectivity index (χ0) is 16.1. The van der Waals surface area contributed by atoms with Gasteiger partial charge in [-0.05, 0) is 30.2 Å². The molecule has 23 heavy (non-hydrogen) atoms. The average molecular weight is 313 g/mol. The molecule has 1 N–H and O–H groups in total.